The van der Waals surface area contributed by atoms with Crippen LogP contribution in [0.4, 0.5) is 0 Å². The van der Waals surface area contributed by atoms with Crippen LogP contribution in [0.1, 0.15) is 29.6 Å². The summed E-state index contributed by atoms with van der Waals surface area (Å²) in [5.74, 6) is -0.121. The molecule has 0 atom stereocenters. The molecule has 1 aliphatic heterocycles. The normalized spacial score (nSPS) is 14.8. The number of nitrogens with one attached hydrogen (secondary N) is 1. The van der Waals surface area contributed by atoms with Crippen LogP contribution in [0.25, 0.3) is 0 Å². The molecule has 98 valence electrons. The van der Waals surface area contributed by atoms with Crippen LogP contribution in [0.3, 0.4) is 0 Å². The third kappa shape index (κ3) is 3.13. The molecule has 0 spiro atoms. The van der Waals surface area contributed by atoms with Crippen molar-refractivity contribution in [1.29, 1.82) is 0 Å². The molecule has 0 unspecified atom stereocenters. The summed E-state index contributed by atoms with van der Waals surface area (Å²) in [7, 11) is 0. The standard InChI is InChI=1S/C12H15BrN2O3/c13-11-9(4-8-18-11)12(17)14-5-3-10(16)15-6-1-2-7-15/h4,8H,1-3,5-7H2,(H,14,17). The number of nitrogens with zero attached hydrogens (tertiary/aromatic N) is 1. The van der Waals surface area contributed by atoms with Gasteiger partial charge < -0.3 is 14.6 Å². The lowest BCUT2D eigenvalue weighted by Gasteiger charge is -2.14. The van der Waals surface area contributed by atoms with E-state index in [1.165, 1.54) is 6.26 Å². The Morgan fingerprint density at radius 3 is 2.72 bits per heavy atom. The Balaban J connectivity index is 1.73. The van der Waals surface area contributed by atoms with Crippen LogP contribution in [-0.2, 0) is 4.79 Å². The number of carbonyl (C=O) groups is 2. The Labute approximate surface area is 114 Å². The fourth-order valence-corrected chi connectivity index (χ4v) is 2.38. The second-order valence-electron chi connectivity index (χ2n) is 4.20. The SMILES string of the molecule is O=C(NCCC(=O)N1CCCC1)c1ccoc1Br. The molecule has 1 aromatic heterocycles. The topological polar surface area (TPSA) is 62.6 Å². The van der Waals surface area contributed by atoms with Crippen molar-refractivity contribution >= 4 is 27.7 Å². The first-order chi connectivity index (χ1) is 8.68. The molecule has 5 nitrogen and oxygen atoms in total. The van der Waals surface area contributed by atoms with Gasteiger partial charge in [0.15, 0.2) is 4.67 Å². The first kappa shape index (κ1) is 13.1. The zero-order valence-corrected chi connectivity index (χ0v) is 11.5. The van der Waals surface area contributed by atoms with E-state index in [0.29, 0.717) is 23.2 Å². The number of furan rings is 1. The van der Waals surface area contributed by atoms with Crippen molar-refractivity contribution < 1.29 is 14.0 Å². The van der Waals surface area contributed by atoms with E-state index in [0.717, 1.165) is 25.9 Å². The van der Waals surface area contributed by atoms with Gasteiger partial charge in [-0.25, -0.2) is 0 Å². The third-order valence-electron chi connectivity index (χ3n) is 2.95. The van der Waals surface area contributed by atoms with Crippen LogP contribution in [0.5, 0.6) is 0 Å². The van der Waals surface area contributed by atoms with Gasteiger partial charge in [0.2, 0.25) is 5.91 Å². The van der Waals surface area contributed by atoms with Gasteiger partial charge in [0.25, 0.3) is 5.91 Å². The zero-order valence-electron chi connectivity index (χ0n) is 9.95. The lowest BCUT2D eigenvalue weighted by atomic mass is 10.3. The molecule has 1 aliphatic rings. The minimum atomic E-state index is -0.232. The smallest absolute Gasteiger partial charge is 0.255 e. The maximum atomic E-state index is 11.7. The third-order valence-corrected chi connectivity index (χ3v) is 3.56. The lowest BCUT2D eigenvalue weighted by molar-refractivity contribution is -0.129. The van der Waals surface area contributed by atoms with Crippen molar-refractivity contribution in [2.45, 2.75) is 19.3 Å². The number of halogens is 1. The number of carbonyl (C=O) groups excluding carboxylic acids is 2. The van der Waals surface area contributed by atoms with Crippen LogP contribution in [0, 0.1) is 0 Å². The molecule has 0 aliphatic carbocycles. The average Bonchev–Trinajstić information content (AvgIpc) is 2.99. The van der Waals surface area contributed by atoms with Crippen LogP contribution >= 0.6 is 15.9 Å². The Morgan fingerprint density at radius 1 is 1.39 bits per heavy atom. The number of hydrogen-bond acceptors (Lipinski definition) is 3. The maximum absolute atomic E-state index is 11.7. The van der Waals surface area contributed by atoms with E-state index in [1.54, 1.807) is 6.07 Å². The largest absolute Gasteiger partial charge is 0.457 e. The van der Waals surface area contributed by atoms with E-state index in [-0.39, 0.29) is 11.8 Å². The monoisotopic (exact) mass is 314 g/mol. The highest BCUT2D eigenvalue weighted by atomic mass is 79.9. The summed E-state index contributed by atoms with van der Waals surface area (Å²) < 4.78 is 5.38. The number of hydrogen-bond donors (Lipinski definition) is 1. The van der Waals surface area contributed by atoms with Crippen LogP contribution in [-0.4, -0.2) is 36.3 Å². The molecular weight excluding hydrogens is 300 g/mol. The summed E-state index contributed by atoms with van der Waals surface area (Å²) in [6, 6.07) is 1.59. The Morgan fingerprint density at radius 2 is 2.11 bits per heavy atom. The molecule has 1 N–H and O–H groups in total. The summed E-state index contributed by atoms with van der Waals surface area (Å²) in [6.07, 6.45) is 3.95. The second-order valence-corrected chi connectivity index (χ2v) is 4.92. The maximum Gasteiger partial charge on any atom is 0.255 e. The highest BCUT2D eigenvalue weighted by Gasteiger charge is 2.18. The van der Waals surface area contributed by atoms with Crippen molar-refractivity contribution in [3.8, 4) is 0 Å². The fourth-order valence-electron chi connectivity index (χ4n) is 1.96. The van der Waals surface area contributed by atoms with Crippen molar-refractivity contribution in [1.82, 2.24) is 10.2 Å². The second kappa shape index (κ2) is 6.04. The minimum Gasteiger partial charge on any atom is -0.457 e. The lowest BCUT2D eigenvalue weighted by Crippen LogP contribution is -2.32. The van der Waals surface area contributed by atoms with Gasteiger partial charge in [-0.1, -0.05) is 0 Å². The predicted molar refractivity (Wildman–Crippen MR) is 69.2 cm³/mol. The highest BCUT2D eigenvalue weighted by molar-refractivity contribution is 9.10. The summed E-state index contributed by atoms with van der Waals surface area (Å²) in [4.78, 5) is 25.3. The molecule has 2 heterocycles. The van der Waals surface area contributed by atoms with Gasteiger partial charge in [0, 0.05) is 26.1 Å². The van der Waals surface area contributed by atoms with E-state index in [1.807, 2.05) is 4.90 Å². The van der Waals surface area contributed by atoms with E-state index < -0.39 is 0 Å². The molecular formula is C12H15BrN2O3. The fraction of sp³-hybridized carbons (Fsp3) is 0.500. The van der Waals surface area contributed by atoms with E-state index >= 15 is 0 Å². The van der Waals surface area contributed by atoms with Crippen LogP contribution in [0.2, 0.25) is 0 Å². The van der Waals surface area contributed by atoms with Gasteiger partial charge in [-0.15, -0.1) is 0 Å². The van der Waals surface area contributed by atoms with Gasteiger partial charge in [-0.05, 0) is 34.8 Å². The first-order valence-corrected chi connectivity index (χ1v) is 6.77. The van der Waals surface area contributed by atoms with Crippen LogP contribution < -0.4 is 5.32 Å². The molecule has 0 saturated carbocycles. The molecule has 0 radical (unpaired) electrons. The van der Waals surface area contributed by atoms with Gasteiger partial charge in [-0.3, -0.25) is 9.59 Å². The Hall–Kier alpha value is -1.30. The predicted octanol–water partition coefficient (Wildman–Crippen LogP) is 1.78. The molecule has 18 heavy (non-hydrogen) atoms. The average molecular weight is 315 g/mol. The number of likely N-dealkylation sites (tertiary alicyclic amines) is 1. The molecule has 1 saturated heterocycles. The summed E-state index contributed by atoms with van der Waals surface area (Å²) in [5.41, 5.74) is 0.448. The van der Waals surface area contributed by atoms with Crippen molar-refractivity contribution in [2.75, 3.05) is 19.6 Å². The van der Waals surface area contributed by atoms with E-state index in [9.17, 15) is 9.59 Å². The van der Waals surface area contributed by atoms with Crippen molar-refractivity contribution in [2.24, 2.45) is 0 Å². The quantitative estimate of drug-likeness (QED) is 0.921. The summed E-state index contributed by atoms with van der Waals surface area (Å²) in [6.45, 7) is 2.05. The zero-order chi connectivity index (χ0) is 13.0. The molecule has 2 rings (SSSR count). The molecule has 0 bridgehead atoms. The number of rotatable bonds is 4. The molecule has 1 aromatic rings. The molecule has 2 amide bonds. The summed E-state index contributed by atoms with van der Waals surface area (Å²) in [5, 5.41) is 2.70. The van der Waals surface area contributed by atoms with E-state index in [2.05, 4.69) is 21.2 Å². The number of amides is 2. The van der Waals surface area contributed by atoms with E-state index in [4.69, 9.17) is 4.42 Å². The van der Waals surface area contributed by atoms with Crippen molar-refractivity contribution in [3.63, 3.8) is 0 Å². The first-order valence-electron chi connectivity index (χ1n) is 5.97. The molecule has 0 aromatic carbocycles. The minimum absolute atomic E-state index is 0.110. The van der Waals surface area contributed by atoms with Gasteiger partial charge in [0.1, 0.15) is 0 Å². The summed E-state index contributed by atoms with van der Waals surface area (Å²) >= 11 is 3.14. The Kier molecular flexibility index (Phi) is 4.41. The van der Waals surface area contributed by atoms with Crippen LogP contribution in [0.15, 0.2) is 21.4 Å². The Bertz CT molecular complexity index is 438. The van der Waals surface area contributed by atoms with Gasteiger partial charge in [0.05, 0.1) is 11.8 Å². The molecule has 6 heteroatoms. The van der Waals surface area contributed by atoms with Crippen molar-refractivity contribution in [3.05, 3.63) is 22.6 Å². The highest BCUT2D eigenvalue weighted by Crippen LogP contribution is 2.17. The van der Waals surface area contributed by atoms with Gasteiger partial charge in [-0.2, -0.15) is 0 Å². The molecule has 1 fully saturated rings. The van der Waals surface area contributed by atoms with Gasteiger partial charge >= 0.3 is 0 Å².